The van der Waals surface area contributed by atoms with Gasteiger partial charge in [0, 0.05) is 0 Å². The molecule has 0 fully saturated rings. The van der Waals surface area contributed by atoms with E-state index in [1.54, 1.807) is 24.3 Å². The Labute approximate surface area is 248 Å². The molecule has 0 heterocycles. The van der Waals surface area contributed by atoms with Crippen LogP contribution in [0.2, 0.25) is 0 Å². The third kappa shape index (κ3) is 15.6. The first-order valence-corrected chi connectivity index (χ1v) is 12.7. The van der Waals surface area contributed by atoms with Crippen molar-refractivity contribution in [2.45, 2.75) is 57.8 Å². The van der Waals surface area contributed by atoms with E-state index in [2.05, 4.69) is 98.7 Å². The summed E-state index contributed by atoms with van der Waals surface area (Å²) in [6.45, 7) is 24.8. The van der Waals surface area contributed by atoms with E-state index >= 15 is 0 Å². The zero-order valence-corrected chi connectivity index (χ0v) is 25.7. The molecule has 4 rings (SSSR count). The van der Waals surface area contributed by atoms with Gasteiger partial charge in [0.2, 0.25) is 0 Å². The minimum absolute atomic E-state index is 0. The summed E-state index contributed by atoms with van der Waals surface area (Å²) >= 11 is 0. The molecule has 1 radical (unpaired) electrons. The number of benzene rings is 4. The standard InChI is InChI=1S/3C10H13.C6H6O.Ti/c3*1-10(2,3)9-7-5-4-6-8-9;7-6-4-2-1-3-5-6;/h3*4-8H,1H2,2-3H3;1-5,7H;/q3*-1;;+3. The molecule has 0 aliphatic carbocycles. The monoisotopic (exact) mass is 541 g/mol. The second-order valence-corrected chi connectivity index (χ2v) is 11.1. The molecular weight excluding hydrogens is 496 g/mol. The fraction of sp³-hybridized carbons (Fsp3) is 0.250. The van der Waals surface area contributed by atoms with Gasteiger partial charge in [0.25, 0.3) is 0 Å². The summed E-state index contributed by atoms with van der Waals surface area (Å²) in [5.41, 5.74) is 3.99. The maximum absolute atomic E-state index is 8.63. The Kier molecular flexibility index (Phi) is 15.9. The number of hydrogen-bond donors (Lipinski definition) is 1. The Balaban J connectivity index is 0.000000480. The predicted molar refractivity (Wildman–Crippen MR) is 163 cm³/mol. The van der Waals surface area contributed by atoms with Gasteiger partial charge in [-0.05, 0) is 12.1 Å². The average molecular weight is 542 g/mol. The van der Waals surface area contributed by atoms with Gasteiger partial charge >= 0.3 is 21.7 Å². The van der Waals surface area contributed by atoms with Crippen molar-refractivity contribution in [3.63, 3.8) is 0 Å². The molecule has 0 saturated heterocycles. The molecule has 199 valence electrons. The van der Waals surface area contributed by atoms with Crippen LogP contribution in [0, 0.1) is 20.8 Å². The summed E-state index contributed by atoms with van der Waals surface area (Å²) in [5, 5.41) is 8.63. The molecule has 0 spiro atoms. The fourth-order valence-corrected chi connectivity index (χ4v) is 3.10. The summed E-state index contributed by atoms with van der Waals surface area (Å²) in [7, 11) is 0. The second-order valence-electron chi connectivity index (χ2n) is 11.1. The first-order chi connectivity index (χ1) is 17.2. The Morgan fingerprint density at radius 2 is 0.579 bits per heavy atom. The van der Waals surface area contributed by atoms with Crippen molar-refractivity contribution < 1.29 is 26.8 Å². The molecule has 0 saturated carbocycles. The number of rotatable bonds is 3. The van der Waals surface area contributed by atoms with Crippen LogP contribution in [0.15, 0.2) is 121 Å². The van der Waals surface area contributed by atoms with Gasteiger partial charge < -0.3 is 25.9 Å². The Morgan fingerprint density at radius 3 is 0.684 bits per heavy atom. The van der Waals surface area contributed by atoms with E-state index in [0.29, 0.717) is 5.75 Å². The van der Waals surface area contributed by atoms with Crippen molar-refractivity contribution in [3.05, 3.63) is 159 Å². The first-order valence-electron chi connectivity index (χ1n) is 12.7. The van der Waals surface area contributed by atoms with Gasteiger partial charge in [-0.2, -0.15) is 0 Å². The zero-order chi connectivity index (χ0) is 28.0. The van der Waals surface area contributed by atoms with Gasteiger partial charge in [0.05, 0.1) is 0 Å². The van der Waals surface area contributed by atoms with Crippen molar-refractivity contribution in [2.24, 2.45) is 0 Å². The third-order valence-corrected chi connectivity index (χ3v) is 5.42. The average Bonchev–Trinajstić information content (AvgIpc) is 2.86. The van der Waals surface area contributed by atoms with E-state index in [0.717, 1.165) is 0 Å². The molecule has 0 aliphatic heterocycles. The number of phenolic OH excluding ortho intramolecular Hbond substituents is 1. The summed E-state index contributed by atoms with van der Waals surface area (Å²) in [6.07, 6.45) is 0. The van der Waals surface area contributed by atoms with Crippen LogP contribution in [0.5, 0.6) is 5.75 Å². The fourth-order valence-electron chi connectivity index (χ4n) is 3.10. The van der Waals surface area contributed by atoms with E-state index in [-0.39, 0.29) is 38.0 Å². The minimum Gasteiger partial charge on any atom is -0.508 e. The van der Waals surface area contributed by atoms with Gasteiger partial charge in [-0.15, -0.1) is 16.2 Å². The topological polar surface area (TPSA) is 20.2 Å². The quantitative estimate of drug-likeness (QED) is 0.202. The molecule has 0 amide bonds. The molecule has 1 nitrogen and oxygen atoms in total. The summed E-state index contributed by atoms with van der Waals surface area (Å²) < 4.78 is 0. The summed E-state index contributed by atoms with van der Waals surface area (Å²) in [6, 6.07) is 39.7. The second kappa shape index (κ2) is 17.1. The third-order valence-electron chi connectivity index (χ3n) is 5.42. The van der Waals surface area contributed by atoms with Crippen LogP contribution in [0.25, 0.3) is 0 Å². The molecule has 4 aromatic rings. The number of phenols is 1. The van der Waals surface area contributed by atoms with Gasteiger partial charge in [-0.1, -0.05) is 167 Å². The molecule has 0 aliphatic rings. The first kappa shape index (κ1) is 35.4. The maximum Gasteiger partial charge on any atom is 3.00 e. The normalized spacial score (nSPS) is 10.7. The summed E-state index contributed by atoms with van der Waals surface area (Å²) in [4.78, 5) is 0. The van der Waals surface area contributed by atoms with Crippen LogP contribution in [-0.4, -0.2) is 5.11 Å². The molecular formula is C36H45OTi. The van der Waals surface area contributed by atoms with Crippen molar-refractivity contribution in [2.75, 3.05) is 0 Å². The van der Waals surface area contributed by atoms with E-state index in [9.17, 15) is 0 Å². The molecule has 2 heteroatoms. The van der Waals surface area contributed by atoms with Crippen LogP contribution in [0.3, 0.4) is 0 Å². The number of aromatic hydroxyl groups is 1. The zero-order valence-electron chi connectivity index (χ0n) is 24.1. The van der Waals surface area contributed by atoms with Crippen LogP contribution in [0.1, 0.15) is 58.2 Å². The summed E-state index contributed by atoms with van der Waals surface area (Å²) in [5.74, 6) is 0.322. The van der Waals surface area contributed by atoms with Crippen LogP contribution in [0.4, 0.5) is 0 Å². The van der Waals surface area contributed by atoms with Crippen molar-refractivity contribution >= 4 is 0 Å². The van der Waals surface area contributed by atoms with E-state index in [1.165, 1.54) is 16.7 Å². The number of hydrogen-bond acceptors (Lipinski definition) is 1. The predicted octanol–water partition coefficient (Wildman–Crippen LogP) is 9.78. The van der Waals surface area contributed by atoms with Gasteiger partial charge in [-0.3, -0.25) is 0 Å². The van der Waals surface area contributed by atoms with Crippen LogP contribution in [-0.2, 0) is 38.0 Å². The molecule has 0 atom stereocenters. The SMILES string of the molecule is Oc1ccccc1.[CH2-]C(C)(C)c1ccccc1.[CH2-]C(C)(C)c1ccccc1.[CH2-]C(C)(C)c1ccccc1.[Ti+3]. The number of para-hydroxylation sites is 1. The largest absolute Gasteiger partial charge is 3.00 e. The van der Waals surface area contributed by atoms with Gasteiger partial charge in [0.15, 0.2) is 0 Å². The molecule has 4 aromatic carbocycles. The van der Waals surface area contributed by atoms with Crippen LogP contribution < -0.4 is 0 Å². The molecule has 1 N–H and O–H groups in total. The van der Waals surface area contributed by atoms with Crippen LogP contribution >= 0.6 is 0 Å². The van der Waals surface area contributed by atoms with E-state index in [4.69, 9.17) is 5.11 Å². The molecule has 0 bridgehead atoms. The Morgan fingerprint density at radius 1 is 0.395 bits per heavy atom. The van der Waals surface area contributed by atoms with Crippen molar-refractivity contribution in [3.8, 4) is 5.75 Å². The smallest absolute Gasteiger partial charge is 0.508 e. The van der Waals surface area contributed by atoms with Gasteiger partial charge in [-0.25, -0.2) is 0 Å². The van der Waals surface area contributed by atoms with E-state index in [1.807, 2.05) is 60.7 Å². The van der Waals surface area contributed by atoms with E-state index < -0.39 is 0 Å². The molecule has 38 heavy (non-hydrogen) atoms. The molecule has 0 aromatic heterocycles. The Hall–Kier alpha value is -2.61. The van der Waals surface area contributed by atoms with Gasteiger partial charge in [0.1, 0.15) is 5.75 Å². The Bertz CT molecular complexity index is 969. The molecule has 0 unspecified atom stereocenters. The maximum atomic E-state index is 8.63. The van der Waals surface area contributed by atoms with Crippen molar-refractivity contribution in [1.29, 1.82) is 0 Å². The minimum atomic E-state index is 0. The van der Waals surface area contributed by atoms with Crippen molar-refractivity contribution in [1.82, 2.24) is 0 Å².